The van der Waals surface area contributed by atoms with Gasteiger partial charge in [-0.1, -0.05) is 30.3 Å². The lowest BCUT2D eigenvalue weighted by Gasteiger charge is -2.11. The minimum Gasteiger partial charge on any atom is -0.492 e. The van der Waals surface area contributed by atoms with Gasteiger partial charge in [-0.05, 0) is 49.2 Å². The van der Waals surface area contributed by atoms with Crippen LogP contribution in [0.3, 0.4) is 0 Å². The molecule has 0 atom stereocenters. The Labute approximate surface area is 163 Å². The van der Waals surface area contributed by atoms with Gasteiger partial charge >= 0.3 is 0 Å². The van der Waals surface area contributed by atoms with Crippen LogP contribution in [0.5, 0.6) is 5.75 Å². The van der Waals surface area contributed by atoms with Crippen LogP contribution in [0, 0.1) is 5.82 Å². The van der Waals surface area contributed by atoms with Crippen LogP contribution < -0.4 is 15.4 Å². The molecule has 0 bridgehead atoms. The van der Waals surface area contributed by atoms with Gasteiger partial charge < -0.3 is 15.4 Å². The van der Waals surface area contributed by atoms with Gasteiger partial charge in [-0.15, -0.1) is 0 Å². The van der Waals surface area contributed by atoms with E-state index in [9.17, 15) is 9.18 Å². The quantitative estimate of drug-likeness (QED) is 0.604. The molecular formula is C22H22FN3O2. The number of para-hydroxylation sites is 2. The number of nitrogens with one attached hydrogen (secondary N) is 2. The predicted octanol–water partition coefficient (Wildman–Crippen LogP) is 4.53. The largest absolute Gasteiger partial charge is 0.492 e. The molecular weight excluding hydrogens is 357 g/mol. The molecule has 5 nitrogen and oxygen atoms in total. The molecule has 1 heterocycles. The molecule has 1 aromatic heterocycles. The number of amides is 1. The second-order valence-electron chi connectivity index (χ2n) is 6.08. The van der Waals surface area contributed by atoms with Crippen LogP contribution in [0.4, 0.5) is 15.9 Å². The molecule has 0 radical (unpaired) electrons. The Morgan fingerprint density at radius 2 is 1.86 bits per heavy atom. The molecule has 0 aliphatic heterocycles. The lowest BCUT2D eigenvalue weighted by Crippen LogP contribution is -2.14. The van der Waals surface area contributed by atoms with Crippen molar-refractivity contribution in [3.05, 3.63) is 83.8 Å². The SMILES string of the molecule is CCOc1ccccc1NC(=O)c1ccc(NCCc2ccccc2F)nc1. The van der Waals surface area contributed by atoms with Gasteiger partial charge in [-0.3, -0.25) is 4.79 Å². The van der Waals surface area contributed by atoms with E-state index in [0.717, 1.165) is 0 Å². The summed E-state index contributed by atoms with van der Waals surface area (Å²) in [7, 11) is 0. The first-order valence-corrected chi connectivity index (χ1v) is 9.14. The number of carbonyl (C=O) groups is 1. The van der Waals surface area contributed by atoms with Gasteiger partial charge in [-0.2, -0.15) is 0 Å². The molecule has 0 fully saturated rings. The van der Waals surface area contributed by atoms with Crippen LogP contribution in [-0.4, -0.2) is 24.0 Å². The lowest BCUT2D eigenvalue weighted by atomic mass is 10.1. The average Bonchev–Trinajstić information content (AvgIpc) is 2.71. The van der Waals surface area contributed by atoms with Gasteiger partial charge in [0.2, 0.25) is 0 Å². The first-order valence-electron chi connectivity index (χ1n) is 9.14. The summed E-state index contributed by atoms with van der Waals surface area (Å²) in [6.07, 6.45) is 2.05. The first kappa shape index (κ1) is 19.4. The third kappa shape index (κ3) is 5.07. The van der Waals surface area contributed by atoms with Gasteiger partial charge in [-0.25, -0.2) is 9.37 Å². The van der Waals surface area contributed by atoms with Gasteiger partial charge in [0.25, 0.3) is 5.91 Å². The molecule has 0 spiro atoms. The summed E-state index contributed by atoms with van der Waals surface area (Å²) in [5.41, 5.74) is 1.70. The minimum absolute atomic E-state index is 0.211. The summed E-state index contributed by atoms with van der Waals surface area (Å²) in [5, 5.41) is 5.97. The maximum atomic E-state index is 13.6. The monoisotopic (exact) mass is 379 g/mol. The number of pyridine rings is 1. The van der Waals surface area contributed by atoms with Crippen LogP contribution >= 0.6 is 0 Å². The molecule has 3 rings (SSSR count). The van der Waals surface area contributed by atoms with Crippen molar-refractivity contribution in [3.8, 4) is 5.75 Å². The van der Waals surface area contributed by atoms with Crippen molar-refractivity contribution in [2.24, 2.45) is 0 Å². The van der Waals surface area contributed by atoms with Gasteiger partial charge in [0.15, 0.2) is 0 Å². The number of hydrogen-bond acceptors (Lipinski definition) is 4. The van der Waals surface area contributed by atoms with Crippen LogP contribution in [-0.2, 0) is 6.42 Å². The topological polar surface area (TPSA) is 63.2 Å². The number of ether oxygens (including phenoxy) is 1. The number of anilines is 2. The number of benzene rings is 2. The van der Waals surface area contributed by atoms with E-state index in [4.69, 9.17) is 4.74 Å². The molecule has 28 heavy (non-hydrogen) atoms. The predicted molar refractivity (Wildman–Crippen MR) is 108 cm³/mol. The fourth-order valence-electron chi connectivity index (χ4n) is 2.70. The van der Waals surface area contributed by atoms with Gasteiger partial charge in [0.05, 0.1) is 17.9 Å². The number of carbonyl (C=O) groups excluding carboxylic acids is 1. The lowest BCUT2D eigenvalue weighted by molar-refractivity contribution is 0.102. The molecule has 3 aromatic rings. The number of hydrogen-bond donors (Lipinski definition) is 2. The van der Waals surface area contributed by atoms with Crippen LogP contribution in [0.1, 0.15) is 22.8 Å². The summed E-state index contributed by atoms with van der Waals surface area (Å²) in [5.74, 6) is 0.773. The third-order valence-electron chi connectivity index (χ3n) is 4.12. The highest BCUT2D eigenvalue weighted by molar-refractivity contribution is 6.04. The highest BCUT2D eigenvalue weighted by Gasteiger charge is 2.10. The van der Waals surface area contributed by atoms with E-state index in [1.54, 1.807) is 36.4 Å². The number of nitrogens with zero attached hydrogens (tertiary/aromatic N) is 1. The van der Waals surface area contributed by atoms with E-state index in [2.05, 4.69) is 15.6 Å². The van der Waals surface area contributed by atoms with E-state index < -0.39 is 0 Å². The van der Waals surface area contributed by atoms with E-state index in [1.165, 1.54) is 12.3 Å². The molecule has 2 aromatic carbocycles. The first-order chi connectivity index (χ1) is 13.7. The zero-order chi connectivity index (χ0) is 19.8. The minimum atomic E-state index is -0.266. The zero-order valence-electron chi connectivity index (χ0n) is 15.6. The molecule has 6 heteroatoms. The summed E-state index contributed by atoms with van der Waals surface area (Å²) in [6, 6.07) is 17.4. The van der Waals surface area contributed by atoms with Crippen molar-refractivity contribution in [3.63, 3.8) is 0 Å². The second kappa shape index (κ2) is 9.50. The Bertz CT molecular complexity index is 929. The Kier molecular flexibility index (Phi) is 6.57. The third-order valence-corrected chi connectivity index (χ3v) is 4.12. The van der Waals surface area contributed by atoms with Crippen LogP contribution in [0.2, 0.25) is 0 Å². The van der Waals surface area contributed by atoms with Crippen LogP contribution in [0.15, 0.2) is 66.9 Å². The Balaban J connectivity index is 1.56. The maximum absolute atomic E-state index is 13.6. The normalized spacial score (nSPS) is 10.4. The van der Waals surface area contributed by atoms with Gasteiger partial charge in [0, 0.05) is 12.7 Å². The Hall–Kier alpha value is -3.41. The average molecular weight is 379 g/mol. The fraction of sp³-hybridized carbons (Fsp3) is 0.182. The van der Waals surface area contributed by atoms with Crippen molar-refractivity contribution in [2.75, 3.05) is 23.8 Å². The van der Waals surface area contributed by atoms with Crippen LogP contribution in [0.25, 0.3) is 0 Å². The highest BCUT2D eigenvalue weighted by atomic mass is 19.1. The van der Waals surface area contributed by atoms with Crippen molar-refractivity contribution in [1.82, 2.24) is 4.98 Å². The molecule has 0 aliphatic rings. The van der Waals surface area contributed by atoms with Gasteiger partial charge in [0.1, 0.15) is 17.4 Å². The Morgan fingerprint density at radius 3 is 2.61 bits per heavy atom. The van der Waals surface area contributed by atoms with Crippen molar-refractivity contribution in [1.29, 1.82) is 0 Å². The molecule has 0 unspecified atom stereocenters. The smallest absolute Gasteiger partial charge is 0.257 e. The number of halogens is 1. The second-order valence-corrected chi connectivity index (χ2v) is 6.08. The summed E-state index contributed by atoms with van der Waals surface area (Å²) >= 11 is 0. The molecule has 2 N–H and O–H groups in total. The standard InChI is InChI=1S/C22H22FN3O2/c1-2-28-20-10-6-5-9-19(20)26-22(27)17-11-12-21(25-15-17)24-14-13-16-7-3-4-8-18(16)23/h3-12,15H,2,13-14H2,1H3,(H,24,25)(H,26,27). The number of rotatable bonds is 8. The molecule has 144 valence electrons. The molecule has 0 saturated heterocycles. The Morgan fingerprint density at radius 1 is 1.07 bits per heavy atom. The fourth-order valence-corrected chi connectivity index (χ4v) is 2.70. The van der Waals surface area contributed by atoms with Crippen molar-refractivity contribution >= 4 is 17.4 Å². The van der Waals surface area contributed by atoms with Crippen molar-refractivity contribution in [2.45, 2.75) is 13.3 Å². The van der Waals surface area contributed by atoms with Crippen molar-refractivity contribution < 1.29 is 13.9 Å². The zero-order valence-corrected chi connectivity index (χ0v) is 15.6. The summed E-state index contributed by atoms with van der Waals surface area (Å²) < 4.78 is 19.1. The van der Waals surface area contributed by atoms with E-state index in [1.807, 2.05) is 25.1 Å². The number of aromatic nitrogens is 1. The van der Waals surface area contributed by atoms with E-state index >= 15 is 0 Å². The van der Waals surface area contributed by atoms with E-state index in [-0.39, 0.29) is 11.7 Å². The highest BCUT2D eigenvalue weighted by Crippen LogP contribution is 2.24. The molecule has 0 aliphatic carbocycles. The maximum Gasteiger partial charge on any atom is 0.257 e. The molecule has 1 amide bonds. The molecule has 0 saturated carbocycles. The summed E-state index contributed by atoms with van der Waals surface area (Å²) in [4.78, 5) is 16.7. The summed E-state index contributed by atoms with van der Waals surface area (Å²) in [6.45, 7) is 2.95. The van der Waals surface area contributed by atoms with E-state index in [0.29, 0.717) is 48.0 Å².